The minimum Gasteiger partial charge on any atom is -0.508 e. The predicted molar refractivity (Wildman–Crippen MR) is 164 cm³/mol. The highest BCUT2D eigenvalue weighted by atomic mass is 16.8. The van der Waals surface area contributed by atoms with Crippen LogP contribution in [0, 0.1) is 0 Å². The van der Waals surface area contributed by atoms with E-state index in [0.29, 0.717) is 11.8 Å². The van der Waals surface area contributed by atoms with Crippen molar-refractivity contribution in [2.24, 2.45) is 0 Å². The fourth-order valence-corrected chi connectivity index (χ4v) is 6.56. The number of nitrogens with zero attached hydrogens (tertiary/aromatic N) is 3. The van der Waals surface area contributed by atoms with Crippen molar-refractivity contribution in [3.05, 3.63) is 48.2 Å². The van der Waals surface area contributed by atoms with Gasteiger partial charge in [0.1, 0.15) is 28.6 Å². The molecule has 6 rings (SSSR count). The molecule has 3 fully saturated rings. The van der Waals surface area contributed by atoms with Crippen LogP contribution in [0.25, 0.3) is 11.3 Å². The van der Waals surface area contributed by atoms with Crippen molar-refractivity contribution in [1.29, 1.82) is 0 Å². The zero-order valence-electron chi connectivity index (χ0n) is 25.8. The third kappa shape index (κ3) is 6.36. The van der Waals surface area contributed by atoms with Gasteiger partial charge in [-0.15, -0.1) is 0 Å². The highest BCUT2D eigenvalue weighted by molar-refractivity contribution is 5.93. The van der Waals surface area contributed by atoms with Crippen LogP contribution in [-0.4, -0.2) is 83.4 Å². The molecule has 236 valence electrons. The second kappa shape index (κ2) is 12.3. The summed E-state index contributed by atoms with van der Waals surface area (Å²) in [5, 5.41) is 27.9. The number of aromatic hydroxyl groups is 2. The lowest BCUT2D eigenvalue weighted by Crippen LogP contribution is -2.50. The number of anilines is 1. The molecule has 1 saturated carbocycles. The topological polar surface area (TPSA) is 130 Å². The number of hydrogen-bond donors (Lipinski definition) is 3. The molecule has 11 nitrogen and oxygen atoms in total. The lowest BCUT2D eigenvalue weighted by molar-refractivity contribution is -0.198. The molecular formula is C33H42N4O7. The lowest BCUT2D eigenvalue weighted by atomic mass is 9.87. The molecule has 2 aliphatic heterocycles. The molecule has 1 aliphatic carbocycles. The smallest absolute Gasteiger partial charge is 0.273 e. The third-order valence-electron chi connectivity index (χ3n) is 9.20. The van der Waals surface area contributed by atoms with Crippen LogP contribution in [0.15, 0.2) is 47.0 Å². The van der Waals surface area contributed by atoms with E-state index in [4.69, 9.17) is 18.7 Å². The Balaban J connectivity index is 1.05. The van der Waals surface area contributed by atoms with Gasteiger partial charge in [-0.3, -0.25) is 4.79 Å². The Bertz CT molecular complexity index is 1450. The number of amides is 1. The van der Waals surface area contributed by atoms with Crippen molar-refractivity contribution in [2.75, 3.05) is 32.1 Å². The summed E-state index contributed by atoms with van der Waals surface area (Å²) >= 11 is 0. The number of ether oxygens (including phenoxy) is 3. The Kier molecular flexibility index (Phi) is 8.45. The number of rotatable bonds is 7. The quantitative estimate of drug-likeness (QED) is 0.327. The molecule has 0 unspecified atom stereocenters. The van der Waals surface area contributed by atoms with E-state index in [1.807, 2.05) is 31.1 Å². The van der Waals surface area contributed by atoms with Crippen molar-refractivity contribution in [3.63, 3.8) is 0 Å². The molecule has 44 heavy (non-hydrogen) atoms. The molecule has 2 aromatic carbocycles. The monoisotopic (exact) mass is 606 g/mol. The summed E-state index contributed by atoms with van der Waals surface area (Å²) < 4.78 is 23.9. The van der Waals surface area contributed by atoms with Crippen molar-refractivity contribution >= 4 is 11.6 Å². The molecule has 1 spiro atoms. The number of benzene rings is 2. The van der Waals surface area contributed by atoms with Gasteiger partial charge in [-0.05, 0) is 63.8 Å². The number of likely N-dealkylation sites (tertiary alicyclic amines) is 1. The van der Waals surface area contributed by atoms with Gasteiger partial charge in [-0.1, -0.05) is 5.16 Å². The second-order valence-corrected chi connectivity index (χ2v) is 12.5. The van der Waals surface area contributed by atoms with E-state index in [0.717, 1.165) is 57.3 Å². The molecule has 2 atom stereocenters. The van der Waals surface area contributed by atoms with E-state index in [1.54, 1.807) is 12.1 Å². The van der Waals surface area contributed by atoms with Crippen LogP contribution >= 0.6 is 0 Å². The maximum absolute atomic E-state index is 13.1. The number of carbonyl (C=O) groups is 1. The van der Waals surface area contributed by atoms with E-state index in [-0.39, 0.29) is 58.4 Å². The van der Waals surface area contributed by atoms with Crippen LogP contribution in [0.2, 0.25) is 0 Å². The number of hydrogen-bond acceptors (Lipinski definition) is 10. The maximum Gasteiger partial charge on any atom is 0.273 e. The van der Waals surface area contributed by atoms with Crippen LogP contribution in [0.3, 0.4) is 0 Å². The average Bonchev–Trinajstić information content (AvgIpc) is 3.58. The highest BCUT2D eigenvalue weighted by Gasteiger charge is 2.47. The van der Waals surface area contributed by atoms with Gasteiger partial charge in [-0.25, -0.2) is 0 Å². The first kappa shape index (κ1) is 30.2. The van der Waals surface area contributed by atoms with E-state index in [2.05, 4.69) is 29.2 Å². The Morgan fingerprint density at radius 3 is 2.30 bits per heavy atom. The number of piperidine rings is 1. The number of nitrogens with one attached hydrogen (secondary N) is 1. The molecule has 2 saturated heterocycles. The minimum atomic E-state index is -0.403. The summed E-state index contributed by atoms with van der Waals surface area (Å²) in [6.07, 6.45) is 5.92. The molecule has 0 radical (unpaired) electrons. The molecule has 3 N–H and O–H groups in total. The molecule has 3 heterocycles. The summed E-state index contributed by atoms with van der Waals surface area (Å²) in [5.41, 5.74) is 1.29. The number of phenolic OH excluding ortho intramolecular Hbond substituents is 2. The Labute approximate surface area is 257 Å². The van der Waals surface area contributed by atoms with Gasteiger partial charge in [0, 0.05) is 76.0 Å². The molecule has 11 heteroatoms. The van der Waals surface area contributed by atoms with E-state index >= 15 is 0 Å². The van der Waals surface area contributed by atoms with Gasteiger partial charge in [0.15, 0.2) is 17.2 Å². The van der Waals surface area contributed by atoms with Gasteiger partial charge in [0.05, 0.1) is 12.2 Å². The van der Waals surface area contributed by atoms with Gasteiger partial charge in [0.2, 0.25) is 0 Å². The Morgan fingerprint density at radius 2 is 1.66 bits per heavy atom. The molecule has 1 aromatic heterocycles. The van der Waals surface area contributed by atoms with E-state index in [1.165, 1.54) is 18.2 Å². The summed E-state index contributed by atoms with van der Waals surface area (Å²) in [4.78, 5) is 17.6. The normalized spacial score (nSPS) is 26.1. The van der Waals surface area contributed by atoms with Gasteiger partial charge in [-0.2, -0.15) is 0 Å². The summed E-state index contributed by atoms with van der Waals surface area (Å²) in [6, 6.07) is 11.9. The minimum absolute atomic E-state index is 0.0307. The molecule has 0 bridgehead atoms. The first-order chi connectivity index (χ1) is 21.1. The zero-order chi connectivity index (χ0) is 31.0. The van der Waals surface area contributed by atoms with Gasteiger partial charge < -0.3 is 44.1 Å². The van der Waals surface area contributed by atoms with E-state index in [9.17, 15) is 15.0 Å². The standard InChI is InChI=1S/C33H42N4O7/c1-20-21(2)43-33(42-20)13-9-24(10-14-33)37-15-11-22(12-16-37)34-32(40)27-19-30(44-35-27)31-28(39)17-25(38)18-29(31)41-26-7-5-23(6-8-26)36(3)4/h5-8,17-22,24,38-39H,9-16H2,1-4H3,(H,34,40)/t20-,21+,24?,33?. The maximum atomic E-state index is 13.1. The summed E-state index contributed by atoms with van der Waals surface area (Å²) in [6.45, 7) is 6.00. The third-order valence-corrected chi connectivity index (χ3v) is 9.20. The average molecular weight is 607 g/mol. The van der Waals surface area contributed by atoms with Crippen molar-refractivity contribution in [2.45, 2.75) is 82.5 Å². The second-order valence-electron chi connectivity index (χ2n) is 12.5. The summed E-state index contributed by atoms with van der Waals surface area (Å²) in [5.74, 6) is -0.356. The van der Waals surface area contributed by atoms with Crippen molar-refractivity contribution in [3.8, 4) is 34.3 Å². The van der Waals surface area contributed by atoms with Crippen LogP contribution < -0.4 is 15.0 Å². The summed E-state index contributed by atoms with van der Waals surface area (Å²) in [7, 11) is 3.88. The van der Waals surface area contributed by atoms with Crippen LogP contribution in [0.1, 0.15) is 62.9 Å². The van der Waals surface area contributed by atoms with Crippen LogP contribution in [0.5, 0.6) is 23.0 Å². The number of phenols is 2. The largest absolute Gasteiger partial charge is 0.508 e. The van der Waals surface area contributed by atoms with Crippen molar-refractivity contribution in [1.82, 2.24) is 15.4 Å². The molecule has 1 amide bonds. The van der Waals surface area contributed by atoms with Gasteiger partial charge >= 0.3 is 0 Å². The van der Waals surface area contributed by atoms with Crippen LogP contribution in [0.4, 0.5) is 5.69 Å². The highest BCUT2D eigenvalue weighted by Crippen LogP contribution is 2.44. The fourth-order valence-electron chi connectivity index (χ4n) is 6.56. The zero-order valence-corrected chi connectivity index (χ0v) is 25.8. The van der Waals surface area contributed by atoms with Gasteiger partial charge in [0.25, 0.3) is 5.91 Å². The van der Waals surface area contributed by atoms with E-state index < -0.39 is 5.79 Å². The SMILES string of the molecule is C[C@@H]1OC2(CCC(N3CCC(NC(=O)c4cc(-c5c(O)cc(O)cc5Oc5ccc(N(C)C)cc5)on4)CC3)CC2)O[C@@H]1C. The molecular weight excluding hydrogens is 564 g/mol. The lowest BCUT2D eigenvalue weighted by Gasteiger charge is -2.43. The Hall–Kier alpha value is -3.80. The Morgan fingerprint density at radius 1 is 1.00 bits per heavy atom. The molecule has 3 aromatic rings. The van der Waals surface area contributed by atoms with Crippen molar-refractivity contribution < 1.29 is 33.7 Å². The first-order valence-corrected chi connectivity index (χ1v) is 15.5. The number of carbonyl (C=O) groups excluding carboxylic acids is 1. The van der Waals surface area contributed by atoms with Crippen LogP contribution in [-0.2, 0) is 9.47 Å². The predicted octanol–water partition coefficient (Wildman–Crippen LogP) is 5.27. The first-order valence-electron chi connectivity index (χ1n) is 15.5. The number of aromatic nitrogens is 1. The fraction of sp³-hybridized carbons (Fsp3) is 0.515. The molecule has 3 aliphatic rings.